The van der Waals surface area contributed by atoms with Gasteiger partial charge in [0.05, 0.1) is 6.54 Å². The second kappa shape index (κ2) is 4.79. The third kappa shape index (κ3) is 2.79. The van der Waals surface area contributed by atoms with Crippen molar-refractivity contribution in [2.75, 3.05) is 13.1 Å². The summed E-state index contributed by atoms with van der Waals surface area (Å²) in [7, 11) is -3.32. The highest BCUT2D eigenvalue weighted by molar-refractivity contribution is 7.87. The van der Waals surface area contributed by atoms with E-state index in [0.717, 1.165) is 11.4 Å². The fourth-order valence-corrected chi connectivity index (χ4v) is 3.64. The largest absolute Gasteiger partial charge is 0.279 e. The summed E-state index contributed by atoms with van der Waals surface area (Å²) in [5, 5.41) is 2.62. The van der Waals surface area contributed by atoms with Gasteiger partial charge in [-0.15, -0.1) is 11.3 Å². The number of aromatic nitrogens is 1. The van der Waals surface area contributed by atoms with Crippen LogP contribution in [-0.2, 0) is 16.8 Å². The second-order valence-corrected chi connectivity index (χ2v) is 6.74. The minimum absolute atomic E-state index is 0.283. The maximum atomic E-state index is 11.9. The molecule has 1 atom stereocenters. The predicted octanol–water partition coefficient (Wildman–Crippen LogP) is 0.819. The molecule has 0 spiro atoms. The van der Waals surface area contributed by atoms with Crippen molar-refractivity contribution in [3.05, 3.63) is 16.6 Å². The van der Waals surface area contributed by atoms with E-state index in [1.165, 1.54) is 15.6 Å². The molecule has 1 aromatic rings. The minimum atomic E-state index is -3.32. The SMILES string of the molecule is CC1CCN(S(=O)(=O)NCc2nccs2)C1. The highest BCUT2D eigenvalue weighted by Crippen LogP contribution is 2.17. The van der Waals surface area contributed by atoms with E-state index >= 15 is 0 Å². The Balaban J connectivity index is 1.93. The molecule has 2 heterocycles. The first-order valence-electron chi connectivity index (χ1n) is 5.21. The lowest BCUT2D eigenvalue weighted by Crippen LogP contribution is -2.38. The van der Waals surface area contributed by atoms with Crippen molar-refractivity contribution < 1.29 is 8.42 Å². The van der Waals surface area contributed by atoms with E-state index < -0.39 is 10.2 Å². The monoisotopic (exact) mass is 261 g/mol. The zero-order valence-electron chi connectivity index (χ0n) is 9.09. The summed E-state index contributed by atoms with van der Waals surface area (Å²) >= 11 is 1.45. The Kier molecular flexibility index (Phi) is 3.58. The zero-order valence-corrected chi connectivity index (χ0v) is 10.7. The van der Waals surface area contributed by atoms with E-state index in [1.54, 1.807) is 6.20 Å². The van der Waals surface area contributed by atoms with Crippen LogP contribution in [0, 0.1) is 5.92 Å². The van der Waals surface area contributed by atoms with Crippen LogP contribution in [0.3, 0.4) is 0 Å². The number of thiazole rings is 1. The molecule has 5 nitrogen and oxygen atoms in total. The molecular weight excluding hydrogens is 246 g/mol. The number of hydrogen-bond acceptors (Lipinski definition) is 4. The molecule has 1 aliphatic heterocycles. The van der Waals surface area contributed by atoms with Gasteiger partial charge >= 0.3 is 0 Å². The lowest BCUT2D eigenvalue weighted by atomic mass is 10.2. The summed E-state index contributed by atoms with van der Waals surface area (Å²) in [6.07, 6.45) is 2.62. The van der Waals surface area contributed by atoms with Gasteiger partial charge in [-0.05, 0) is 12.3 Å². The summed E-state index contributed by atoms with van der Waals surface area (Å²) in [6.45, 7) is 3.59. The van der Waals surface area contributed by atoms with E-state index in [2.05, 4.69) is 16.6 Å². The third-order valence-corrected chi connectivity index (χ3v) is 4.92. The smallest absolute Gasteiger partial charge is 0.248 e. The van der Waals surface area contributed by atoms with Crippen molar-refractivity contribution in [1.29, 1.82) is 0 Å². The van der Waals surface area contributed by atoms with E-state index in [-0.39, 0.29) is 6.54 Å². The van der Waals surface area contributed by atoms with Crippen LogP contribution in [0.2, 0.25) is 0 Å². The Morgan fingerprint density at radius 3 is 3.06 bits per heavy atom. The molecule has 1 unspecified atom stereocenters. The van der Waals surface area contributed by atoms with Gasteiger partial charge in [-0.2, -0.15) is 17.4 Å². The van der Waals surface area contributed by atoms with Gasteiger partial charge in [-0.25, -0.2) is 4.98 Å². The zero-order chi connectivity index (χ0) is 11.6. The number of hydrogen-bond donors (Lipinski definition) is 1. The highest BCUT2D eigenvalue weighted by Gasteiger charge is 2.28. The summed E-state index contributed by atoms with van der Waals surface area (Å²) in [4.78, 5) is 4.03. The topological polar surface area (TPSA) is 62.3 Å². The molecular formula is C9H15N3O2S2. The summed E-state index contributed by atoms with van der Waals surface area (Å²) in [5.74, 6) is 0.455. The molecule has 7 heteroatoms. The Hall–Kier alpha value is -0.500. The minimum Gasteiger partial charge on any atom is -0.248 e. The molecule has 0 amide bonds. The molecule has 1 aromatic heterocycles. The van der Waals surface area contributed by atoms with Crippen molar-refractivity contribution in [2.24, 2.45) is 5.92 Å². The van der Waals surface area contributed by atoms with Crippen molar-refractivity contribution in [3.8, 4) is 0 Å². The van der Waals surface area contributed by atoms with E-state index in [0.29, 0.717) is 19.0 Å². The average molecular weight is 261 g/mol. The first-order valence-corrected chi connectivity index (χ1v) is 7.53. The maximum Gasteiger partial charge on any atom is 0.279 e. The Labute approximate surface area is 99.7 Å². The first-order chi connectivity index (χ1) is 7.58. The molecule has 0 aromatic carbocycles. The van der Waals surface area contributed by atoms with Crippen LogP contribution in [0.15, 0.2) is 11.6 Å². The van der Waals surface area contributed by atoms with Gasteiger partial charge in [-0.3, -0.25) is 0 Å². The molecule has 0 bridgehead atoms. The van der Waals surface area contributed by atoms with E-state index in [1.807, 2.05) is 5.38 Å². The number of nitrogens with zero attached hydrogens (tertiary/aromatic N) is 2. The van der Waals surface area contributed by atoms with Crippen molar-refractivity contribution in [1.82, 2.24) is 14.0 Å². The van der Waals surface area contributed by atoms with Gasteiger partial charge in [0.1, 0.15) is 5.01 Å². The van der Waals surface area contributed by atoms with Crippen LogP contribution in [0.1, 0.15) is 18.4 Å². The molecule has 16 heavy (non-hydrogen) atoms. The molecule has 0 radical (unpaired) electrons. The average Bonchev–Trinajstić information content (AvgIpc) is 2.85. The molecule has 1 aliphatic rings. The summed E-state index contributed by atoms with van der Waals surface area (Å²) in [6, 6.07) is 0. The summed E-state index contributed by atoms with van der Waals surface area (Å²) < 4.78 is 27.8. The quantitative estimate of drug-likeness (QED) is 0.873. The second-order valence-electron chi connectivity index (χ2n) is 4.00. The molecule has 1 fully saturated rings. The standard InChI is InChI=1S/C9H15N3O2S2/c1-8-2-4-12(7-8)16(13,14)11-6-9-10-3-5-15-9/h3,5,8,11H,2,4,6-7H2,1H3. The van der Waals surface area contributed by atoms with Crippen LogP contribution in [-0.4, -0.2) is 30.8 Å². The lowest BCUT2D eigenvalue weighted by Gasteiger charge is -2.15. The fourth-order valence-electron chi connectivity index (χ4n) is 1.70. The van der Waals surface area contributed by atoms with Crippen molar-refractivity contribution in [3.63, 3.8) is 0 Å². The Morgan fingerprint density at radius 1 is 1.69 bits per heavy atom. The van der Waals surface area contributed by atoms with Crippen LogP contribution in [0.4, 0.5) is 0 Å². The maximum absolute atomic E-state index is 11.9. The van der Waals surface area contributed by atoms with Gasteiger partial charge in [0.2, 0.25) is 0 Å². The fraction of sp³-hybridized carbons (Fsp3) is 0.667. The molecule has 2 rings (SSSR count). The highest BCUT2D eigenvalue weighted by atomic mass is 32.2. The number of nitrogens with one attached hydrogen (secondary N) is 1. The van der Waals surface area contributed by atoms with Crippen LogP contribution < -0.4 is 4.72 Å². The van der Waals surface area contributed by atoms with Gasteiger partial charge in [0.15, 0.2) is 0 Å². The van der Waals surface area contributed by atoms with Gasteiger partial charge in [-0.1, -0.05) is 6.92 Å². The molecule has 0 saturated carbocycles. The predicted molar refractivity (Wildman–Crippen MR) is 63.2 cm³/mol. The van der Waals surface area contributed by atoms with E-state index in [4.69, 9.17) is 0 Å². The normalized spacial score (nSPS) is 22.7. The van der Waals surface area contributed by atoms with Crippen molar-refractivity contribution >= 4 is 21.5 Å². The molecule has 90 valence electrons. The number of rotatable bonds is 4. The Morgan fingerprint density at radius 2 is 2.50 bits per heavy atom. The van der Waals surface area contributed by atoms with Gasteiger partial charge in [0.25, 0.3) is 10.2 Å². The van der Waals surface area contributed by atoms with Crippen LogP contribution in [0.25, 0.3) is 0 Å². The first kappa shape index (κ1) is 12.0. The van der Waals surface area contributed by atoms with Crippen LogP contribution >= 0.6 is 11.3 Å². The lowest BCUT2D eigenvalue weighted by molar-refractivity contribution is 0.453. The summed E-state index contributed by atoms with van der Waals surface area (Å²) in [5.41, 5.74) is 0. The Bertz CT molecular complexity index is 430. The van der Waals surface area contributed by atoms with E-state index in [9.17, 15) is 8.42 Å². The third-order valence-electron chi connectivity index (χ3n) is 2.62. The van der Waals surface area contributed by atoms with Gasteiger partial charge in [0, 0.05) is 24.7 Å². The molecule has 0 aliphatic carbocycles. The molecule has 1 N–H and O–H groups in total. The van der Waals surface area contributed by atoms with Gasteiger partial charge < -0.3 is 0 Å². The van der Waals surface area contributed by atoms with Crippen LogP contribution in [0.5, 0.6) is 0 Å². The molecule has 1 saturated heterocycles. The van der Waals surface area contributed by atoms with Crippen molar-refractivity contribution in [2.45, 2.75) is 19.9 Å².